The zero-order chi connectivity index (χ0) is 9.90. The molecule has 0 spiro atoms. The molecular weight excluding hydrogens is 210 g/mol. The Labute approximate surface area is 79.9 Å². The van der Waals surface area contributed by atoms with Crippen LogP contribution in [0.4, 0.5) is 0 Å². The minimum Gasteiger partial charge on any atom is -0.282 e. The van der Waals surface area contributed by atoms with Gasteiger partial charge in [-0.05, 0) is 23.9 Å². The lowest BCUT2D eigenvalue weighted by Gasteiger charge is -2.00. The molecule has 1 aromatic carbocycles. The summed E-state index contributed by atoms with van der Waals surface area (Å²) in [4.78, 5) is -0.00551. The Morgan fingerprint density at radius 1 is 1.38 bits per heavy atom. The molecule has 0 fully saturated rings. The fourth-order valence-electron chi connectivity index (χ4n) is 0.797. The first-order valence-corrected chi connectivity index (χ1v) is 5.44. The number of thioether (sulfide) groups is 1. The van der Waals surface area contributed by atoms with Gasteiger partial charge in [-0.1, -0.05) is 12.1 Å². The third-order valence-corrected chi connectivity index (χ3v) is 2.99. The van der Waals surface area contributed by atoms with E-state index in [1.807, 2.05) is 0 Å². The first-order chi connectivity index (χ1) is 6.05. The van der Waals surface area contributed by atoms with E-state index in [0.717, 1.165) is 0 Å². The molecule has 0 aliphatic rings. The summed E-state index contributed by atoms with van der Waals surface area (Å²) in [6.07, 6.45) is 0. The lowest BCUT2D eigenvalue weighted by molar-refractivity contribution is 0.481. The Hall–Kier alpha value is -1.03. The minimum atomic E-state index is -4.23. The van der Waals surface area contributed by atoms with Gasteiger partial charge in [0.25, 0.3) is 10.1 Å². The molecule has 4 nitrogen and oxygen atoms in total. The first kappa shape index (κ1) is 10.1. The summed E-state index contributed by atoms with van der Waals surface area (Å²) in [5.41, 5.74) is 0. The van der Waals surface area contributed by atoms with Crippen molar-refractivity contribution in [3.63, 3.8) is 0 Å². The summed E-state index contributed by atoms with van der Waals surface area (Å²) in [6, 6.07) is 5.77. The summed E-state index contributed by atoms with van der Waals surface area (Å²) < 4.78 is 30.3. The van der Waals surface area contributed by atoms with Crippen LogP contribution in [0.1, 0.15) is 0 Å². The van der Waals surface area contributed by atoms with Crippen molar-refractivity contribution in [1.29, 1.82) is 5.26 Å². The van der Waals surface area contributed by atoms with E-state index in [4.69, 9.17) is 9.81 Å². The minimum absolute atomic E-state index is 0.229. The number of hydrogen-bond donors (Lipinski definition) is 1. The van der Waals surface area contributed by atoms with E-state index in [-0.39, 0.29) is 9.79 Å². The zero-order valence-electron chi connectivity index (χ0n) is 6.34. The molecule has 0 saturated carbocycles. The van der Waals surface area contributed by atoms with E-state index in [9.17, 15) is 8.42 Å². The number of benzene rings is 1. The van der Waals surface area contributed by atoms with E-state index in [0.29, 0.717) is 11.8 Å². The highest BCUT2D eigenvalue weighted by atomic mass is 32.2. The molecule has 68 valence electrons. The lowest BCUT2D eigenvalue weighted by Crippen LogP contribution is -1.99. The Morgan fingerprint density at radius 2 is 2.00 bits per heavy atom. The topological polar surface area (TPSA) is 78.2 Å². The first-order valence-electron chi connectivity index (χ1n) is 3.18. The van der Waals surface area contributed by atoms with E-state index < -0.39 is 10.1 Å². The maximum Gasteiger partial charge on any atom is 0.295 e. The normalized spacial score (nSPS) is 10.8. The van der Waals surface area contributed by atoms with Gasteiger partial charge in [-0.3, -0.25) is 4.55 Å². The Bertz CT molecular complexity index is 447. The van der Waals surface area contributed by atoms with E-state index in [2.05, 4.69) is 0 Å². The Kier molecular flexibility index (Phi) is 2.93. The SMILES string of the molecule is N#CSc1ccccc1S(=O)(=O)O. The molecule has 0 unspecified atom stereocenters. The van der Waals surface area contributed by atoms with Crippen molar-refractivity contribution in [2.45, 2.75) is 9.79 Å². The van der Waals surface area contributed by atoms with Crippen LogP contribution in [0.15, 0.2) is 34.1 Å². The quantitative estimate of drug-likeness (QED) is 0.459. The highest BCUT2D eigenvalue weighted by Crippen LogP contribution is 2.24. The maximum atomic E-state index is 10.8. The molecular formula is C7H5NO3S2. The van der Waals surface area contributed by atoms with Crippen LogP contribution in [0.2, 0.25) is 0 Å². The number of rotatable bonds is 2. The van der Waals surface area contributed by atoms with Crippen LogP contribution in [-0.4, -0.2) is 13.0 Å². The highest BCUT2D eigenvalue weighted by Gasteiger charge is 2.14. The third-order valence-electron chi connectivity index (χ3n) is 1.28. The van der Waals surface area contributed by atoms with E-state index in [1.54, 1.807) is 11.5 Å². The number of nitrogens with zero attached hydrogens (tertiary/aromatic N) is 1. The van der Waals surface area contributed by atoms with Crippen LogP contribution in [0.5, 0.6) is 0 Å². The molecule has 0 aliphatic carbocycles. The molecule has 1 rings (SSSR count). The van der Waals surface area contributed by atoms with Crippen LogP contribution < -0.4 is 0 Å². The molecule has 0 amide bonds. The molecule has 6 heteroatoms. The summed E-state index contributed by atoms with van der Waals surface area (Å²) in [5.74, 6) is 0. The fourth-order valence-corrected chi connectivity index (χ4v) is 2.22. The molecule has 0 heterocycles. The van der Waals surface area contributed by atoms with Crippen LogP contribution in [-0.2, 0) is 10.1 Å². The molecule has 1 aromatic rings. The fraction of sp³-hybridized carbons (Fsp3) is 0. The number of nitriles is 1. The van der Waals surface area contributed by atoms with Gasteiger partial charge < -0.3 is 0 Å². The standard InChI is InChI=1S/C7H5NO3S2/c8-5-12-6-3-1-2-4-7(6)13(9,10)11/h1-4H,(H,9,10,11). The van der Waals surface area contributed by atoms with Crippen LogP contribution in [0.25, 0.3) is 0 Å². The van der Waals surface area contributed by atoms with Crippen molar-refractivity contribution in [3.05, 3.63) is 24.3 Å². The van der Waals surface area contributed by atoms with Gasteiger partial charge in [-0.25, -0.2) is 0 Å². The number of thiocyanates is 1. The van der Waals surface area contributed by atoms with Crippen LogP contribution in [0.3, 0.4) is 0 Å². The van der Waals surface area contributed by atoms with Crippen LogP contribution >= 0.6 is 11.8 Å². The predicted molar refractivity (Wildman–Crippen MR) is 47.7 cm³/mol. The van der Waals surface area contributed by atoms with Crippen molar-refractivity contribution in [2.75, 3.05) is 0 Å². The van der Waals surface area contributed by atoms with Gasteiger partial charge in [0.2, 0.25) is 0 Å². The van der Waals surface area contributed by atoms with Crippen molar-refractivity contribution in [3.8, 4) is 5.40 Å². The average molecular weight is 215 g/mol. The molecule has 0 saturated heterocycles. The summed E-state index contributed by atoms with van der Waals surface area (Å²) in [6.45, 7) is 0. The van der Waals surface area contributed by atoms with Gasteiger partial charge in [0.05, 0.1) is 0 Å². The molecule has 0 aromatic heterocycles. The van der Waals surface area contributed by atoms with Crippen molar-refractivity contribution in [2.24, 2.45) is 0 Å². The van der Waals surface area contributed by atoms with Gasteiger partial charge in [0.1, 0.15) is 10.3 Å². The van der Waals surface area contributed by atoms with E-state index >= 15 is 0 Å². The molecule has 0 atom stereocenters. The van der Waals surface area contributed by atoms with Gasteiger partial charge in [-0.15, -0.1) is 0 Å². The maximum absolute atomic E-state index is 10.8. The van der Waals surface area contributed by atoms with Crippen molar-refractivity contribution >= 4 is 21.9 Å². The predicted octanol–water partition coefficient (Wildman–Crippen LogP) is 1.51. The van der Waals surface area contributed by atoms with Gasteiger partial charge in [0, 0.05) is 4.90 Å². The molecule has 0 radical (unpaired) electrons. The molecule has 1 N–H and O–H groups in total. The molecule has 0 aliphatic heterocycles. The van der Waals surface area contributed by atoms with Gasteiger partial charge >= 0.3 is 0 Å². The smallest absolute Gasteiger partial charge is 0.282 e. The lowest BCUT2D eigenvalue weighted by atomic mass is 10.4. The summed E-state index contributed by atoms with van der Waals surface area (Å²) in [5, 5.41) is 10.1. The Morgan fingerprint density at radius 3 is 2.54 bits per heavy atom. The highest BCUT2D eigenvalue weighted by molar-refractivity contribution is 8.04. The second kappa shape index (κ2) is 3.79. The number of hydrogen-bond acceptors (Lipinski definition) is 4. The second-order valence-electron chi connectivity index (χ2n) is 2.12. The average Bonchev–Trinajstić information content (AvgIpc) is 2.04. The largest absolute Gasteiger partial charge is 0.295 e. The van der Waals surface area contributed by atoms with E-state index in [1.165, 1.54) is 18.2 Å². The summed E-state index contributed by atoms with van der Waals surface area (Å²) >= 11 is 0.695. The van der Waals surface area contributed by atoms with Crippen molar-refractivity contribution in [1.82, 2.24) is 0 Å². The Balaban J connectivity index is 3.30. The zero-order valence-corrected chi connectivity index (χ0v) is 7.97. The summed E-state index contributed by atoms with van der Waals surface area (Å²) in [7, 11) is -4.23. The van der Waals surface area contributed by atoms with Crippen LogP contribution in [0, 0.1) is 10.7 Å². The monoisotopic (exact) mass is 215 g/mol. The molecule has 13 heavy (non-hydrogen) atoms. The second-order valence-corrected chi connectivity index (χ2v) is 4.33. The van der Waals surface area contributed by atoms with Crippen molar-refractivity contribution < 1.29 is 13.0 Å². The van der Waals surface area contributed by atoms with Gasteiger partial charge in [0.15, 0.2) is 0 Å². The van der Waals surface area contributed by atoms with Gasteiger partial charge in [-0.2, -0.15) is 13.7 Å². The third kappa shape index (κ3) is 2.45. The molecule has 0 bridgehead atoms.